The Kier molecular flexibility index (Phi) is 5.60. The minimum absolute atomic E-state index is 0.0170. The number of nitrogens with one attached hydrogen (secondary N) is 1. The average molecular weight is 329 g/mol. The van der Waals surface area contributed by atoms with Gasteiger partial charge in [0.05, 0.1) is 5.92 Å². The summed E-state index contributed by atoms with van der Waals surface area (Å²) in [5, 5.41) is 3.39. The van der Waals surface area contributed by atoms with Gasteiger partial charge in [0.15, 0.2) is 0 Å². The molecule has 1 unspecified atom stereocenters. The number of carbonyl (C=O) groups excluding carboxylic acids is 1. The molecule has 0 amide bonds. The second kappa shape index (κ2) is 7.69. The summed E-state index contributed by atoms with van der Waals surface area (Å²) in [5.74, 6) is 0.762. The molecular weight excluding hydrogens is 298 g/mol. The Bertz CT molecular complexity index is 528. The van der Waals surface area contributed by atoms with Crippen molar-refractivity contribution in [2.24, 2.45) is 11.8 Å². The lowest BCUT2D eigenvalue weighted by Gasteiger charge is -2.38. The van der Waals surface area contributed by atoms with Gasteiger partial charge in [-0.25, -0.2) is 0 Å². The Morgan fingerprint density at radius 3 is 2.33 bits per heavy atom. The molecule has 1 heterocycles. The lowest BCUT2D eigenvalue weighted by Crippen LogP contribution is -2.44. The van der Waals surface area contributed by atoms with E-state index >= 15 is 0 Å². The second-order valence-electron chi connectivity index (χ2n) is 7.98. The number of piperidine rings is 1. The molecule has 1 saturated carbocycles. The van der Waals surface area contributed by atoms with Crippen molar-refractivity contribution in [3.8, 4) is 0 Å². The summed E-state index contributed by atoms with van der Waals surface area (Å²) in [5.41, 5.74) is 0.737. The number of rotatable bonds is 5. The highest BCUT2D eigenvalue weighted by Crippen LogP contribution is 2.40. The van der Waals surface area contributed by atoms with E-state index in [1.165, 1.54) is 12.8 Å². The fourth-order valence-corrected chi connectivity index (χ4v) is 4.47. The Morgan fingerprint density at radius 1 is 1.08 bits per heavy atom. The molecule has 3 rings (SSSR count). The Balaban J connectivity index is 1.75. The van der Waals surface area contributed by atoms with Crippen molar-refractivity contribution in [2.45, 2.75) is 63.9 Å². The van der Waals surface area contributed by atoms with E-state index in [0.717, 1.165) is 44.3 Å². The Labute approximate surface area is 146 Å². The first-order valence-corrected chi connectivity index (χ1v) is 9.56. The highest BCUT2D eigenvalue weighted by molar-refractivity contribution is 5.79. The molecule has 2 fully saturated rings. The van der Waals surface area contributed by atoms with Crippen LogP contribution in [0.25, 0.3) is 0 Å². The van der Waals surface area contributed by atoms with Crippen molar-refractivity contribution < 1.29 is 9.53 Å². The van der Waals surface area contributed by atoms with E-state index in [1.54, 1.807) is 0 Å². The summed E-state index contributed by atoms with van der Waals surface area (Å²) in [6.07, 6.45) is 6.92. The molecule has 3 nitrogen and oxygen atoms in total. The highest BCUT2D eigenvalue weighted by Gasteiger charge is 2.39. The predicted octanol–water partition coefficient (Wildman–Crippen LogP) is 4.28. The minimum atomic E-state index is -0.384. The molecule has 1 aliphatic heterocycles. The first-order valence-electron chi connectivity index (χ1n) is 9.56. The van der Waals surface area contributed by atoms with Crippen molar-refractivity contribution in [1.29, 1.82) is 0 Å². The summed E-state index contributed by atoms with van der Waals surface area (Å²) in [6, 6.07) is 10.2. The van der Waals surface area contributed by atoms with Gasteiger partial charge < -0.3 is 10.1 Å². The summed E-state index contributed by atoms with van der Waals surface area (Å²) >= 11 is 0. The fraction of sp³-hybridized carbons (Fsp3) is 0.667. The average Bonchev–Trinajstić information content (AvgIpc) is 3.10. The molecule has 0 spiro atoms. The lowest BCUT2D eigenvalue weighted by atomic mass is 9.82. The van der Waals surface area contributed by atoms with Crippen molar-refractivity contribution in [3.05, 3.63) is 35.9 Å². The topological polar surface area (TPSA) is 38.3 Å². The fourth-order valence-electron chi connectivity index (χ4n) is 4.47. The number of ether oxygens (including phenoxy) is 1. The van der Waals surface area contributed by atoms with E-state index in [1.807, 2.05) is 18.2 Å². The smallest absolute Gasteiger partial charge is 0.314 e. The minimum Gasteiger partial charge on any atom is -0.459 e. The first-order chi connectivity index (χ1) is 11.6. The maximum Gasteiger partial charge on any atom is 0.314 e. The molecule has 0 bridgehead atoms. The standard InChI is InChI=1S/C21H31NO2/c1-21(2,18-12-14-22-15-13-18)24-20(23)19(17-10-6-7-11-17)16-8-4-3-5-9-16/h3-5,8-9,17-19,22H,6-7,10-15H2,1-2H3. The van der Waals surface area contributed by atoms with E-state index in [-0.39, 0.29) is 17.5 Å². The summed E-state index contributed by atoms with van der Waals surface area (Å²) in [6.45, 7) is 6.24. The van der Waals surface area contributed by atoms with Gasteiger partial charge in [0.1, 0.15) is 5.60 Å². The monoisotopic (exact) mass is 329 g/mol. The maximum atomic E-state index is 13.2. The van der Waals surface area contributed by atoms with Gasteiger partial charge in [-0.05, 0) is 64.1 Å². The highest BCUT2D eigenvalue weighted by atomic mass is 16.6. The largest absolute Gasteiger partial charge is 0.459 e. The van der Waals surface area contributed by atoms with Gasteiger partial charge in [0.25, 0.3) is 0 Å². The van der Waals surface area contributed by atoms with Crippen LogP contribution in [0, 0.1) is 11.8 Å². The molecular formula is C21H31NO2. The van der Waals surface area contributed by atoms with E-state index < -0.39 is 0 Å². The van der Waals surface area contributed by atoms with Gasteiger partial charge in [-0.15, -0.1) is 0 Å². The maximum absolute atomic E-state index is 13.2. The van der Waals surface area contributed by atoms with Crippen molar-refractivity contribution >= 4 is 5.97 Å². The van der Waals surface area contributed by atoms with Crippen LogP contribution in [-0.2, 0) is 9.53 Å². The van der Waals surface area contributed by atoms with E-state index in [2.05, 4.69) is 31.3 Å². The van der Waals surface area contributed by atoms with E-state index in [0.29, 0.717) is 11.8 Å². The third-order valence-corrected chi connectivity index (χ3v) is 5.97. The van der Waals surface area contributed by atoms with Crippen LogP contribution in [0.1, 0.15) is 63.9 Å². The number of carbonyl (C=O) groups is 1. The molecule has 1 N–H and O–H groups in total. The molecule has 1 aromatic carbocycles. The zero-order valence-electron chi connectivity index (χ0n) is 15.1. The van der Waals surface area contributed by atoms with Crippen LogP contribution in [0.15, 0.2) is 30.3 Å². The lowest BCUT2D eigenvalue weighted by molar-refractivity contribution is -0.166. The van der Waals surface area contributed by atoms with Gasteiger partial charge in [0, 0.05) is 5.92 Å². The molecule has 0 radical (unpaired) electrons. The van der Waals surface area contributed by atoms with E-state index in [9.17, 15) is 4.79 Å². The zero-order chi connectivity index (χ0) is 17.0. The van der Waals surface area contributed by atoms with Crippen LogP contribution in [0.3, 0.4) is 0 Å². The summed E-state index contributed by atoms with van der Waals surface area (Å²) in [4.78, 5) is 13.2. The number of esters is 1. The summed E-state index contributed by atoms with van der Waals surface area (Å²) in [7, 11) is 0. The molecule has 1 saturated heterocycles. The Morgan fingerprint density at radius 2 is 1.71 bits per heavy atom. The van der Waals surface area contributed by atoms with Crippen LogP contribution >= 0.6 is 0 Å². The number of hydrogen-bond donors (Lipinski definition) is 1. The van der Waals surface area contributed by atoms with Crippen LogP contribution in [0.5, 0.6) is 0 Å². The third-order valence-electron chi connectivity index (χ3n) is 5.97. The van der Waals surface area contributed by atoms with Gasteiger partial charge >= 0.3 is 5.97 Å². The van der Waals surface area contributed by atoms with Crippen molar-refractivity contribution in [2.75, 3.05) is 13.1 Å². The van der Waals surface area contributed by atoms with Crippen LogP contribution in [-0.4, -0.2) is 24.7 Å². The van der Waals surface area contributed by atoms with Gasteiger partial charge in [-0.2, -0.15) is 0 Å². The summed E-state index contributed by atoms with van der Waals surface area (Å²) < 4.78 is 6.14. The van der Waals surface area contributed by atoms with Crippen molar-refractivity contribution in [1.82, 2.24) is 5.32 Å². The predicted molar refractivity (Wildman–Crippen MR) is 96.9 cm³/mol. The van der Waals surface area contributed by atoms with Gasteiger partial charge in [0.2, 0.25) is 0 Å². The van der Waals surface area contributed by atoms with Crippen LogP contribution in [0.4, 0.5) is 0 Å². The van der Waals surface area contributed by atoms with Crippen LogP contribution < -0.4 is 5.32 Å². The SMILES string of the molecule is CC(C)(OC(=O)C(c1ccccc1)C1CCCC1)C1CCNCC1. The molecule has 0 aromatic heterocycles. The molecule has 132 valence electrons. The van der Waals surface area contributed by atoms with Gasteiger partial charge in [-0.3, -0.25) is 4.79 Å². The molecule has 2 aliphatic rings. The van der Waals surface area contributed by atoms with Gasteiger partial charge in [-0.1, -0.05) is 43.2 Å². The van der Waals surface area contributed by atoms with Crippen LogP contribution in [0.2, 0.25) is 0 Å². The first kappa shape index (κ1) is 17.5. The molecule has 3 heteroatoms. The molecule has 24 heavy (non-hydrogen) atoms. The molecule has 1 atom stereocenters. The zero-order valence-corrected chi connectivity index (χ0v) is 15.1. The third kappa shape index (κ3) is 4.00. The number of hydrogen-bond acceptors (Lipinski definition) is 3. The van der Waals surface area contributed by atoms with Crippen molar-refractivity contribution in [3.63, 3.8) is 0 Å². The van der Waals surface area contributed by atoms with E-state index in [4.69, 9.17) is 4.74 Å². The molecule has 1 aromatic rings. The normalized spacial score (nSPS) is 21.6. The Hall–Kier alpha value is -1.35. The number of benzene rings is 1. The second-order valence-corrected chi connectivity index (χ2v) is 7.98. The quantitative estimate of drug-likeness (QED) is 0.819. The molecule has 1 aliphatic carbocycles.